The number of carbonyl (C=O) groups is 5. The van der Waals surface area contributed by atoms with Crippen molar-refractivity contribution in [1.82, 2.24) is 14.9 Å². The normalized spacial score (nSPS) is 13.1. The Kier molecular flexibility index (Phi) is 12.2. The molecule has 2 heterocycles. The topological polar surface area (TPSA) is 157 Å². The number of ether oxygens (including phenoxy) is 2. The minimum atomic E-state index is -1.24. The van der Waals surface area contributed by atoms with E-state index in [1.54, 1.807) is 31.5 Å². The van der Waals surface area contributed by atoms with Crippen LogP contribution in [-0.2, 0) is 23.9 Å². The Bertz CT molecular complexity index is 1800. The first-order valence-electron chi connectivity index (χ1n) is 14.5. The number of allylic oxidation sites excluding steroid dienone is 1. The Labute approximate surface area is 288 Å². The standard InChI is InChI=1S/C32H30BrCl2N5O7/c1-4-17(2)31(45)20-6-9-24(29(35)28(20)34)46-16-26(44)47-18(3)23(42)15-19(41)5-10-25(43)40-14-13-38-32(40)39-21-7-8-22-30(27(21)33)37-12-11-36-22/h6-9,11-12,18H,2,4-5,10,13-16H2,1,3H3,(H,38,39). The number of carbonyl (C=O) groups excluding carboxylic acids is 5. The Balaban J connectivity index is 1.22. The summed E-state index contributed by atoms with van der Waals surface area (Å²) in [5.74, 6) is -2.33. The van der Waals surface area contributed by atoms with E-state index in [-0.39, 0.29) is 45.9 Å². The van der Waals surface area contributed by atoms with Crippen LogP contribution in [0.3, 0.4) is 0 Å². The fourth-order valence-corrected chi connectivity index (χ4v) is 5.43. The number of halogens is 3. The number of benzene rings is 2. The Morgan fingerprint density at radius 1 is 1.06 bits per heavy atom. The predicted molar refractivity (Wildman–Crippen MR) is 180 cm³/mol. The van der Waals surface area contributed by atoms with Crippen LogP contribution >= 0.6 is 39.1 Å². The number of nitrogens with one attached hydrogen (secondary N) is 1. The van der Waals surface area contributed by atoms with E-state index in [9.17, 15) is 24.0 Å². The van der Waals surface area contributed by atoms with Crippen molar-refractivity contribution in [2.45, 2.75) is 45.6 Å². The molecule has 15 heteroatoms. The molecule has 0 radical (unpaired) electrons. The summed E-state index contributed by atoms with van der Waals surface area (Å²) < 4.78 is 11.1. The van der Waals surface area contributed by atoms with E-state index in [4.69, 9.17) is 32.7 Å². The van der Waals surface area contributed by atoms with Crippen molar-refractivity contribution in [3.8, 4) is 5.75 Å². The van der Waals surface area contributed by atoms with Crippen molar-refractivity contribution < 1.29 is 33.4 Å². The number of rotatable bonds is 14. The van der Waals surface area contributed by atoms with Crippen LogP contribution in [0, 0.1) is 0 Å². The zero-order valence-electron chi connectivity index (χ0n) is 25.5. The molecule has 1 aromatic heterocycles. The molecule has 0 bridgehead atoms. The van der Waals surface area contributed by atoms with Crippen molar-refractivity contribution >= 4 is 91.0 Å². The second-order valence-electron chi connectivity index (χ2n) is 10.4. The summed E-state index contributed by atoms with van der Waals surface area (Å²) >= 11 is 16.0. The second-order valence-corrected chi connectivity index (χ2v) is 11.9. The maximum atomic E-state index is 13.0. The molecule has 12 nitrogen and oxygen atoms in total. The number of esters is 1. The number of hydrogen-bond donors (Lipinski definition) is 1. The van der Waals surface area contributed by atoms with E-state index < -0.39 is 36.7 Å². The molecule has 1 aliphatic rings. The highest BCUT2D eigenvalue weighted by molar-refractivity contribution is 9.10. The third kappa shape index (κ3) is 8.79. The molecule has 0 spiro atoms. The van der Waals surface area contributed by atoms with Crippen molar-refractivity contribution in [1.29, 1.82) is 0 Å². The van der Waals surface area contributed by atoms with Crippen LogP contribution in [-0.4, -0.2) is 75.9 Å². The summed E-state index contributed by atoms with van der Waals surface area (Å²) in [6.07, 6.45) is 1.52. The molecule has 1 aliphatic heterocycles. The van der Waals surface area contributed by atoms with E-state index in [0.717, 1.165) is 0 Å². The lowest BCUT2D eigenvalue weighted by molar-refractivity contribution is -0.156. The molecule has 0 saturated carbocycles. The van der Waals surface area contributed by atoms with Gasteiger partial charge in [0, 0.05) is 37.3 Å². The summed E-state index contributed by atoms with van der Waals surface area (Å²) in [6, 6.07) is 6.38. The Hall–Kier alpha value is -4.20. The zero-order chi connectivity index (χ0) is 34.2. The van der Waals surface area contributed by atoms with Crippen LogP contribution in [0.15, 0.2) is 58.3 Å². The minimum absolute atomic E-state index is 0.0340. The Morgan fingerprint density at radius 2 is 1.81 bits per heavy atom. The van der Waals surface area contributed by atoms with Gasteiger partial charge in [-0.05, 0) is 59.1 Å². The molecular weight excluding hydrogens is 717 g/mol. The fraction of sp³-hybridized carbons (Fsp3) is 0.312. The van der Waals surface area contributed by atoms with E-state index in [2.05, 4.69) is 42.8 Å². The minimum Gasteiger partial charge on any atom is -0.480 e. The van der Waals surface area contributed by atoms with Crippen molar-refractivity contribution in [2.75, 3.05) is 25.0 Å². The highest BCUT2D eigenvalue weighted by Gasteiger charge is 2.27. The zero-order valence-corrected chi connectivity index (χ0v) is 28.6. The van der Waals surface area contributed by atoms with Crippen LogP contribution in [0.1, 0.15) is 49.9 Å². The van der Waals surface area contributed by atoms with Crippen LogP contribution in [0.2, 0.25) is 10.0 Å². The van der Waals surface area contributed by atoms with Gasteiger partial charge in [-0.3, -0.25) is 39.0 Å². The number of Topliss-reactive ketones (excluding diaryl/α,β-unsaturated/α-hetero) is 3. The lowest BCUT2D eigenvalue weighted by atomic mass is 10.0. The third-order valence-electron chi connectivity index (χ3n) is 7.10. The number of fused-ring (bicyclic) bond motifs is 1. The van der Waals surface area contributed by atoms with Crippen LogP contribution < -0.4 is 10.1 Å². The van der Waals surface area contributed by atoms with Gasteiger partial charge in [-0.2, -0.15) is 0 Å². The maximum Gasteiger partial charge on any atom is 0.344 e. The fourth-order valence-electron chi connectivity index (χ4n) is 4.43. The van der Waals surface area contributed by atoms with Gasteiger partial charge in [-0.25, -0.2) is 4.79 Å². The van der Waals surface area contributed by atoms with Crippen LogP contribution in [0.4, 0.5) is 5.69 Å². The molecule has 0 fully saturated rings. The van der Waals surface area contributed by atoms with E-state index in [1.165, 1.54) is 24.0 Å². The number of aliphatic imine (C=N–C) groups is 1. The number of ketones is 3. The highest BCUT2D eigenvalue weighted by atomic mass is 79.9. The molecule has 1 N–H and O–H groups in total. The molecule has 4 rings (SSSR count). The van der Waals surface area contributed by atoms with Crippen LogP contribution in [0.5, 0.6) is 5.75 Å². The number of hydrogen-bond acceptors (Lipinski definition) is 11. The highest BCUT2D eigenvalue weighted by Crippen LogP contribution is 2.36. The molecule has 1 unspecified atom stereocenters. The van der Waals surface area contributed by atoms with Gasteiger partial charge in [-0.15, -0.1) is 0 Å². The number of nitrogens with zero attached hydrogens (tertiary/aromatic N) is 4. The van der Waals surface area contributed by atoms with Gasteiger partial charge >= 0.3 is 5.97 Å². The van der Waals surface area contributed by atoms with Gasteiger partial charge < -0.3 is 14.8 Å². The second kappa shape index (κ2) is 16.1. The summed E-state index contributed by atoms with van der Waals surface area (Å²) in [7, 11) is 0. The summed E-state index contributed by atoms with van der Waals surface area (Å²) in [5, 5.41) is 3.02. The van der Waals surface area contributed by atoms with E-state index in [0.29, 0.717) is 52.2 Å². The smallest absolute Gasteiger partial charge is 0.344 e. The summed E-state index contributed by atoms with van der Waals surface area (Å²) in [5.41, 5.74) is 2.49. The average Bonchev–Trinajstić information content (AvgIpc) is 3.53. The quantitative estimate of drug-likeness (QED) is 0.0929. The van der Waals surface area contributed by atoms with Gasteiger partial charge in [0.25, 0.3) is 0 Å². The molecule has 3 aromatic rings. The molecule has 2 aromatic carbocycles. The molecule has 1 atom stereocenters. The van der Waals surface area contributed by atoms with Crippen molar-refractivity contribution in [3.63, 3.8) is 0 Å². The summed E-state index contributed by atoms with van der Waals surface area (Å²) in [6.45, 7) is 6.93. The van der Waals surface area contributed by atoms with Gasteiger partial charge in [0.15, 0.2) is 24.3 Å². The maximum absolute atomic E-state index is 13.0. The third-order valence-corrected chi connectivity index (χ3v) is 8.77. The summed E-state index contributed by atoms with van der Waals surface area (Å²) in [4.78, 5) is 77.2. The van der Waals surface area contributed by atoms with Crippen molar-refractivity contribution in [2.24, 2.45) is 4.99 Å². The average molecular weight is 747 g/mol. The monoisotopic (exact) mass is 745 g/mol. The van der Waals surface area contributed by atoms with Gasteiger partial charge in [-0.1, -0.05) is 36.7 Å². The van der Waals surface area contributed by atoms with E-state index in [1.807, 2.05) is 0 Å². The van der Waals surface area contributed by atoms with E-state index >= 15 is 0 Å². The molecule has 47 heavy (non-hydrogen) atoms. The number of anilines is 1. The lowest BCUT2D eigenvalue weighted by Gasteiger charge is -2.20. The van der Waals surface area contributed by atoms with Gasteiger partial charge in [0.05, 0.1) is 33.7 Å². The largest absolute Gasteiger partial charge is 0.480 e. The molecular formula is C32H30BrCl2N5O7. The van der Waals surface area contributed by atoms with Gasteiger partial charge in [0.1, 0.15) is 22.1 Å². The molecule has 0 saturated heterocycles. The first-order chi connectivity index (χ1) is 22.4. The van der Waals surface area contributed by atoms with Gasteiger partial charge in [0.2, 0.25) is 11.9 Å². The molecule has 1 amide bonds. The van der Waals surface area contributed by atoms with Crippen LogP contribution in [0.25, 0.3) is 11.0 Å². The molecule has 0 aliphatic carbocycles. The van der Waals surface area contributed by atoms with Crippen molar-refractivity contribution in [3.05, 3.63) is 68.9 Å². The predicted octanol–water partition coefficient (Wildman–Crippen LogP) is 5.78. The first kappa shape index (κ1) is 35.7. The lowest BCUT2D eigenvalue weighted by Crippen LogP contribution is -2.38. The SMILES string of the molecule is C=C(CC)C(=O)c1ccc(OCC(=O)OC(C)C(=O)CC(=O)CCC(=O)N2CCN=C2Nc2ccc3nccnc3c2Br)c(Cl)c1Cl. The Morgan fingerprint density at radius 3 is 2.55 bits per heavy atom. The number of amides is 1. The first-order valence-corrected chi connectivity index (χ1v) is 16.0. The molecule has 246 valence electrons. The number of guanidine groups is 1. The number of aromatic nitrogens is 2.